The number of fused-ring (bicyclic) bond motifs is 1. The van der Waals surface area contributed by atoms with Crippen molar-refractivity contribution < 1.29 is 14.9 Å². The van der Waals surface area contributed by atoms with E-state index >= 15 is 0 Å². The van der Waals surface area contributed by atoms with E-state index in [-0.39, 0.29) is 11.5 Å². The van der Waals surface area contributed by atoms with Gasteiger partial charge in [-0.15, -0.1) is 0 Å². The second-order valence-corrected chi connectivity index (χ2v) is 7.97. The SMILES string of the molecule is C=C1OC[C@@H](O)/C1=C\C[C@@H]1C(=C)CC[C@@H]2[C@@H](C)[C@@H](O)CC[C@@]12C. The topological polar surface area (TPSA) is 49.7 Å². The first-order valence-electron chi connectivity index (χ1n) is 8.90. The summed E-state index contributed by atoms with van der Waals surface area (Å²) >= 11 is 0. The first-order valence-corrected chi connectivity index (χ1v) is 8.90. The average molecular weight is 318 g/mol. The number of aliphatic hydroxyl groups is 2. The van der Waals surface area contributed by atoms with Crippen molar-refractivity contribution >= 4 is 0 Å². The number of allylic oxidation sites excluding steroid dienone is 2. The molecular weight excluding hydrogens is 288 g/mol. The van der Waals surface area contributed by atoms with E-state index in [1.165, 1.54) is 5.57 Å². The molecule has 3 heteroatoms. The molecule has 3 rings (SSSR count). The quantitative estimate of drug-likeness (QED) is 0.765. The van der Waals surface area contributed by atoms with Gasteiger partial charge in [-0.1, -0.05) is 38.7 Å². The molecule has 0 amide bonds. The van der Waals surface area contributed by atoms with Gasteiger partial charge in [0.25, 0.3) is 0 Å². The molecule has 3 nitrogen and oxygen atoms in total. The molecule has 0 spiro atoms. The summed E-state index contributed by atoms with van der Waals surface area (Å²) in [5, 5.41) is 20.3. The van der Waals surface area contributed by atoms with Gasteiger partial charge >= 0.3 is 0 Å². The Labute approximate surface area is 139 Å². The van der Waals surface area contributed by atoms with Crippen molar-refractivity contribution in [1.29, 1.82) is 0 Å². The van der Waals surface area contributed by atoms with Crippen LogP contribution in [0.3, 0.4) is 0 Å². The van der Waals surface area contributed by atoms with Gasteiger partial charge in [0, 0.05) is 5.57 Å². The maximum atomic E-state index is 10.3. The predicted molar refractivity (Wildman–Crippen MR) is 91.7 cm³/mol. The lowest BCUT2D eigenvalue weighted by atomic mass is 9.50. The lowest BCUT2D eigenvalue weighted by Gasteiger charge is -2.55. The Kier molecular flexibility index (Phi) is 4.45. The van der Waals surface area contributed by atoms with Crippen molar-refractivity contribution in [3.05, 3.63) is 36.1 Å². The van der Waals surface area contributed by atoms with Crippen molar-refractivity contribution in [2.75, 3.05) is 6.61 Å². The second kappa shape index (κ2) is 6.10. The lowest BCUT2D eigenvalue weighted by Crippen LogP contribution is -2.49. The van der Waals surface area contributed by atoms with E-state index in [1.54, 1.807) is 0 Å². The average Bonchev–Trinajstić information content (AvgIpc) is 2.82. The second-order valence-electron chi connectivity index (χ2n) is 7.97. The van der Waals surface area contributed by atoms with Gasteiger partial charge in [0.1, 0.15) is 18.5 Å². The van der Waals surface area contributed by atoms with Gasteiger partial charge in [-0.3, -0.25) is 0 Å². The minimum absolute atomic E-state index is 0.164. The maximum Gasteiger partial charge on any atom is 0.118 e. The molecule has 2 aliphatic carbocycles. The summed E-state index contributed by atoms with van der Waals surface area (Å²) in [6, 6.07) is 0. The van der Waals surface area contributed by atoms with Gasteiger partial charge < -0.3 is 14.9 Å². The van der Waals surface area contributed by atoms with Crippen molar-refractivity contribution in [2.24, 2.45) is 23.2 Å². The van der Waals surface area contributed by atoms with Crippen LogP contribution in [0.15, 0.2) is 36.1 Å². The van der Waals surface area contributed by atoms with E-state index in [0.29, 0.717) is 30.1 Å². The highest BCUT2D eigenvalue weighted by molar-refractivity contribution is 5.32. The molecule has 3 aliphatic rings. The third kappa shape index (κ3) is 2.78. The first kappa shape index (κ1) is 16.8. The van der Waals surface area contributed by atoms with Crippen LogP contribution in [0.5, 0.6) is 0 Å². The van der Waals surface area contributed by atoms with Crippen molar-refractivity contribution in [2.45, 2.75) is 58.2 Å². The van der Waals surface area contributed by atoms with Crippen LogP contribution >= 0.6 is 0 Å². The highest BCUT2D eigenvalue weighted by Gasteiger charge is 2.50. The summed E-state index contributed by atoms with van der Waals surface area (Å²) in [6.07, 6.45) is 6.40. The molecule has 2 N–H and O–H groups in total. The predicted octanol–water partition coefficient (Wildman–Crippen LogP) is 3.59. The standard InChI is InChI=1S/C20H30O3/c1-12-5-7-17-13(2)18(21)9-10-20(17,4)16(12)8-6-15-14(3)23-11-19(15)22/h6,13,16-19,21-22H,1,3,5,7-11H2,2,4H3/b15-6-/t13-,16-,17-,18+,19-,20+/m1/s1. The normalized spacial score (nSPS) is 45.9. The Balaban J connectivity index is 1.83. The van der Waals surface area contributed by atoms with Gasteiger partial charge in [0.15, 0.2) is 0 Å². The molecule has 3 fully saturated rings. The minimum Gasteiger partial charge on any atom is -0.491 e. The smallest absolute Gasteiger partial charge is 0.118 e. The van der Waals surface area contributed by atoms with Crippen LogP contribution in [0, 0.1) is 23.2 Å². The van der Waals surface area contributed by atoms with Crippen LogP contribution in [0.4, 0.5) is 0 Å². The highest BCUT2D eigenvalue weighted by atomic mass is 16.5. The van der Waals surface area contributed by atoms with Crippen molar-refractivity contribution in [3.63, 3.8) is 0 Å². The lowest BCUT2D eigenvalue weighted by molar-refractivity contribution is -0.0696. The van der Waals surface area contributed by atoms with Gasteiger partial charge in [-0.2, -0.15) is 0 Å². The van der Waals surface area contributed by atoms with Gasteiger partial charge in [0.2, 0.25) is 0 Å². The van der Waals surface area contributed by atoms with E-state index in [9.17, 15) is 10.2 Å². The summed E-state index contributed by atoms with van der Waals surface area (Å²) in [5.74, 6) is 1.91. The van der Waals surface area contributed by atoms with Gasteiger partial charge in [0.05, 0.1) is 6.10 Å². The number of ether oxygens (including phenoxy) is 1. The van der Waals surface area contributed by atoms with Crippen LogP contribution in [-0.4, -0.2) is 29.0 Å². The maximum absolute atomic E-state index is 10.3. The zero-order valence-electron chi connectivity index (χ0n) is 14.4. The molecule has 0 aromatic carbocycles. The monoisotopic (exact) mass is 318 g/mol. The third-order valence-corrected chi connectivity index (χ3v) is 6.80. The van der Waals surface area contributed by atoms with E-state index in [2.05, 4.69) is 33.1 Å². The number of hydrogen-bond acceptors (Lipinski definition) is 3. The fraction of sp³-hybridized carbons (Fsp3) is 0.700. The summed E-state index contributed by atoms with van der Waals surface area (Å²) in [5.41, 5.74) is 2.35. The number of hydrogen-bond donors (Lipinski definition) is 2. The number of aliphatic hydroxyl groups excluding tert-OH is 2. The molecule has 0 radical (unpaired) electrons. The van der Waals surface area contributed by atoms with Crippen LogP contribution in [0.25, 0.3) is 0 Å². The summed E-state index contributed by atoms with van der Waals surface area (Å²) in [6.45, 7) is 13.1. The molecule has 6 atom stereocenters. The molecule has 128 valence electrons. The molecule has 1 saturated heterocycles. The minimum atomic E-state index is -0.546. The van der Waals surface area contributed by atoms with E-state index in [4.69, 9.17) is 4.74 Å². The Morgan fingerprint density at radius 3 is 2.70 bits per heavy atom. The summed E-state index contributed by atoms with van der Waals surface area (Å²) < 4.78 is 5.34. The Hall–Kier alpha value is -1.06. The molecule has 0 aromatic rings. The van der Waals surface area contributed by atoms with Crippen molar-refractivity contribution in [1.82, 2.24) is 0 Å². The zero-order valence-corrected chi connectivity index (χ0v) is 14.4. The van der Waals surface area contributed by atoms with Crippen LogP contribution in [0.2, 0.25) is 0 Å². The largest absolute Gasteiger partial charge is 0.491 e. The number of rotatable bonds is 2. The molecular formula is C20H30O3. The van der Waals surface area contributed by atoms with Crippen LogP contribution < -0.4 is 0 Å². The van der Waals surface area contributed by atoms with E-state index in [1.807, 2.05) is 0 Å². The Morgan fingerprint density at radius 2 is 2.04 bits per heavy atom. The third-order valence-electron chi connectivity index (χ3n) is 6.80. The Bertz CT molecular complexity index is 535. The fourth-order valence-corrected chi connectivity index (χ4v) is 5.25. The molecule has 0 aromatic heterocycles. The molecule has 1 aliphatic heterocycles. The van der Waals surface area contributed by atoms with Gasteiger partial charge in [-0.25, -0.2) is 0 Å². The van der Waals surface area contributed by atoms with Crippen LogP contribution in [0.1, 0.15) is 46.0 Å². The molecule has 0 unspecified atom stereocenters. The molecule has 2 saturated carbocycles. The summed E-state index contributed by atoms with van der Waals surface area (Å²) in [4.78, 5) is 0. The van der Waals surface area contributed by atoms with Gasteiger partial charge in [-0.05, 0) is 55.3 Å². The van der Waals surface area contributed by atoms with Crippen molar-refractivity contribution in [3.8, 4) is 0 Å². The fourth-order valence-electron chi connectivity index (χ4n) is 5.25. The first-order chi connectivity index (χ1) is 10.8. The van der Waals surface area contributed by atoms with E-state index in [0.717, 1.165) is 37.7 Å². The van der Waals surface area contributed by atoms with Crippen LogP contribution in [-0.2, 0) is 4.74 Å². The zero-order chi connectivity index (χ0) is 16.8. The summed E-state index contributed by atoms with van der Waals surface area (Å²) in [7, 11) is 0. The molecule has 23 heavy (non-hydrogen) atoms. The molecule has 0 bridgehead atoms. The molecule has 1 heterocycles. The van der Waals surface area contributed by atoms with E-state index < -0.39 is 6.10 Å². The Morgan fingerprint density at radius 1 is 1.30 bits per heavy atom. The highest BCUT2D eigenvalue weighted by Crippen LogP contribution is 2.57.